The van der Waals surface area contributed by atoms with E-state index in [0.29, 0.717) is 5.82 Å². The van der Waals surface area contributed by atoms with Crippen molar-refractivity contribution in [1.82, 2.24) is 15.2 Å². The lowest BCUT2D eigenvalue weighted by Crippen LogP contribution is -1.90. The van der Waals surface area contributed by atoms with Gasteiger partial charge in [0, 0.05) is 11.3 Å². The predicted octanol–water partition coefficient (Wildman–Crippen LogP) is 1.86. The van der Waals surface area contributed by atoms with Crippen LogP contribution in [0.15, 0.2) is 12.1 Å². The van der Waals surface area contributed by atoms with Crippen molar-refractivity contribution >= 4 is 5.82 Å². The fourth-order valence-corrected chi connectivity index (χ4v) is 1.61. The number of nitrogens with zero attached hydrogens (tertiary/aromatic N) is 1. The van der Waals surface area contributed by atoms with Gasteiger partial charge in [0.1, 0.15) is 5.82 Å². The first-order chi connectivity index (χ1) is 6.72. The Morgan fingerprint density at radius 1 is 1.43 bits per heavy atom. The van der Waals surface area contributed by atoms with E-state index in [4.69, 9.17) is 5.73 Å². The number of aryl methyl sites for hydroxylation is 1. The number of nitrogen functional groups attached to an aromatic ring is 1. The molecule has 2 aromatic heterocycles. The zero-order valence-corrected chi connectivity index (χ0v) is 8.39. The van der Waals surface area contributed by atoms with Gasteiger partial charge in [-0.2, -0.15) is 5.10 Å². The fourth-order valence-electron chi connectivity index (χ4n) is 1.61. The molecule has 0 aliphatic heterocycles. The second-order valence-corrected chi connectivity index (χ2v) is 3.37. The van der Waals surface area contributed by atoms with Crippen molar-refractivity contribution in [3.8, 4) is 11.4 Å². The first kappa shape index (κ1) is 8.87. The molecule has 0 aliphatic carbocycles. The Bertz CT molecular complexity index is 439. The molecule has 0 amide bonds. The molecule has 74 valence electrons. The van der Waals surface area contributed by atoms with Gasteiger partial charge < -0.3 is 10.7 Å². The molecule has 0 saturated carbocycles. The summed E-state index contributed by atoms with van der Waals surface area (Å²) in [4.78, 5) is 3.25. The van der Waals surface area contributed by atoms with Gasteiger partial charge in [-0.05, 0) is 25.5 Å². The van der Waals surface area contributed by atoms with E-state index in [9.17, 15) is 0 Å². The van der Waals surface area contributed by atoms with E-state index in [0.717, 1.165) is 29.1 Å². The maximum Gasteiger partial charge on any atom is 0.149 e. The van der Waals surface area contributed by atoms with Gasteiger partial charge in [0.05, 0.1) is 11.4 Å². The van der Waals surface area contributed by atoms with Gasteiger partial charge in [-0.3, -0.25) is 5.10 Å². The van der Waals surface area contributed by atoms with Crippen molar-refractivity contribution in [3.05, 3.63) is 23.4 Å². The van der Waals surface area contributed by atoms with Gasteiger partial charge in [-0.15, -0.1) is 0 Å². The van der Waals surface area contributed by atoms with Crippen LogP contribution in [0.25, 0.3) is 11.4 Å². The lowest BCUT2D eigenvalue weighted by molar-refractivity contribution is 1.09. The summed E-state index contributed by atoms with van der Waals surface area (Å²) in [7, 11) is 0. The molecule has 2 rings (SSSR count). The first-order valence-corrected chi connectivity index (χ1v) is 4.71. The van der Waals surface area contributed by atoms with Crippen LogP contribution in [0.3, 0.4) is 0 Å². The highest BCUT2D eigenvalue weighted by molar-refractivity contribution is 5.65. The Kier molecular flexibility index (Phi) is 2.04. The minimum atomic E-state index is 0.592. The Balaban J connectivity index is 2.51. The molecule has 0 bridgehead atoms. The zero-order chi connectivity index (χ0) is 10.1. The minimum Gasteiger partial charge on any atom is -0.382 e. The van der Waals surface area contributed by atoms with Crippen LogP contribution in [-0.4, -0.2) is 15.2 Å². The Labute approximate surface area is 82.5 Å². The smallest absolute Gasteiger partial charge is 0.149 e. The monoisotopic (exact) mass is 190 g/mol. The maximum atomic E-state index is 5.74. The van der Waals surface area contributed by atoms with Crippen LogP contribution in [0.2, 0.25) is 0 Å². The number of rotatable bonds is 2. The number of nitrogens with one attached hydrogen (secondary N) is 2. The highest BCUT2D eigenvalue weighted by Crippen LogP contribution is 2.24. The van der Waals surface area contributed by atoms with Crippen LogP contribution in [0.4, 0.5) is 5.82 Å². The molecular formula is C10H14N4. The molecule has 2 heterocycles. The summed E-state index contributed by atoms with van der Waals surface area (Å²) >= 11 is 0. The normalized spacial score (nSPS) is 10.7. The van der Waals surface area contributed by atoms with Crippen molar-refractivity contribution < 1.29 is 0 Å². The average Bonchev–Trinajstić information content (AvgIpc) is 2.71. The summed E-state index contributed by atoms with van der Waals surface area (Å²) in [5.41, 5.74) is 9.99. The summed E-state index contributed by atoms with van der Waals surface area (Å²) in [5, 5.41) is 6.95. The van der Waals surface area contributed by atoms with Crippen LogP contribution >= 0.6 is 0 Å². The zero-order valence-electron chi connectivity index (χ0n) is 8.39. The van der Waals surface area contributed by atoms with Gasteiger partial charge >= 0.3 is 0 Å². The highest BCUT2D eigenvalue weighted by atomic mass is 15.2. The van der Waals surface area contributed by atoms with Gasteiger partial charge in [0.2, 0.25) is 0 Å². The SMILES string of the molecule is CCc1c(N)n[nH]c1-c1ccc(C)[nH]1. The van der Waals surface area contributed by atoms with Crippen molar-refractivity contribution in [2.24, 2.45) is 0 Å². The second-order valence-electron chi connectivity index (χ2n) is 3.37. The number of hydrogen-bond acceptors (Lipinski definition) is 2. The highest BCUT2D eigenvalue weighted by Gasteiger charge is 2.11. The molecule has 0 aliphatic rings. The van der Waals surface area contributed by atoms with E-state index in [-0.39, 0.29) is 0 Å². The van der Waals surface area contributed by atoms with Gasteiger partial charge in [-0.1, -0.05) is 6.92 Å². The molecule has 0 saturated heterocycles. The van der Waals surface area contributed by atoms with Crippen molar-refractivity contribution in [2.75, 3.05) is 5.73 Å². The Hall–Kier alpha value is -1.71. The topological polar surface area (TPSA) is 70.5 Å². The predicted molar refractivity (Wildman–Crippen MR) is 56.9 cm³/mol. The van der Waals surface area contributed by atoms with Crippen LogP contribution in [0.5, 0.6) is 0 Å². The third kappa shape index (κ3) is 1.28. The van der Waals surface area contributed by atoms with Crippen molar-refractivity contribution in [3.63, 3.8) is 0 Å². The van der Waals surface area contributed by atoms with Crippen LogP contribution in [-0.2, 0) is 6.42 Å². The molecule has 4 heteroatoms. The van der Waals surface area contributed by atoms with E-state index >= 15 is 0 Å². The van der Waals surface area contributed by atoms with Crippen LogP contribution in [0.1, 0.15) is 18.2 Å². The number of H-pyrrole nitrogens is 2. The van der Waals surface area contributed by atoms with E-state index < -0.39 is 0 Å². The number of aromatic amines is 2. The molecule has 4 nitrogen and oxygen atoms in total. The molecule has 0 unspecified atom stereocenters. The maximum absolute atomic E-state index is 5.74. The van der Waals surface area contributed by atoms with Gasteiger partial charge in [-0.25, -0.2) is 0 Å². The second kappa shape index (κ2) is 3.21. The quantitative estimate of drug-likeness (QED) is 0.676. The van der Waals surface area contributed by atoms with Crippen LogP contribution < -0.4 is 5.73 Å². The summed E-state index contributed by atoms with van der Waals surface area (Å²) in [6.45, 7) is 4.09. The van der Waals surface area contributed by atoms with E-state index in [1.807, 2.05) is 19.1 Å². The molecule has 0 spiro atoms. The summed E-state index contributed by atoms with van der Waals surface area (Å²) < 4.78 is 0. The summed E-state index contributed by atoms with van der Waals surface area (Å²) in [5.74, 6) is 0.592. The van der Waals surface area contributed by atoms with Gasteiger partial charge in [0.15, 0.2) is 0 Å². The first-order valence-electron chi connectivity index (χ1n) is 4.71. The Morgan fingerprint density at radius 3 is 2.79 bits per heavy atom. The number of anilines is 1. The number of nitrogens with two attached hydrogens (primary N) is 1. The standard InChI is InChI=1S/C10H14N4/c1-3-7-9(13-14-10(7)11)8-5-4-6(2)12-8/h4-5,12H,3H2,1-2H3,(H3,11,13,14). The number of hydrogen-bond donors (Lipinski definition) is 3. The summed E-state index contributed by atoms with van der Waals surface area (Å²) in [6.07, 6.45) is 0.885. The average molecular weight is 190 g/mol. The number of aromatic nitrogens is 3. The lowest BCUT2D eigenvalue weighted by Gasteiger charge is -1.97. The molecule has 2 aromatic rings. The molecule has 0 radical (unpaired) electrons. The third-order valence-corrected chi connectivity index (χ3v) is 2.35. The molecule has 0 atom stereocenters. The van der Waals surface area contributed by atoms with Crippen molar-refractivity contribution in [2.45, 2.75) is 20.3 Å². The lowest BCUT2D eigenvalue weighted by atomic mass is 10.1. The van der Waals surface area contributed by atoms with E-state index in [1.165, 1.54) is 0 Å². The van der Waals surface area contributed by atoms with Crippen molar-refractivity contribution in [1.29, 1.82) is 0 Å². The minimum absolute atomic E-state index is 0.592. The molecule has 14 heavy (non-hydrogen) atoms. The molecule has 0 aromatic carbocycles. The summed E-state index contributed by atoms with van der Waals surface area (Å²) in [6, 6.07) is 4.06. The van der Waals surface area contributed by atoms with Crippen LogP contribution in [0, 0.1) is 6.92 Å². The largest absolute Gasteiger partial charge is 0.382 e. The van der Waals surface area contributed by atoms with Gasteiger partial charge in [0.25, 0.3) is 0 Å². The third-order valence-electron chi connectivity index (χ3n) is 2.35. The Morgan fingerprint density at radius 2 is 2.21 bits per heavy atom. The molecular weight excluding hydrogens is 176 g/mol. The van der Waals surface area contributed by atoms with E-state index in [1.54, 1.807) is 0 Å². The fraction of sp³-hybridized carbons (Fsp3) is 0.300. The molecule has 4 N–H and O–H groups in total. The molecule has 0 fully saturated rings. The van der Waals surface area contributed by atoms with E-state index in [2.05, 4.69) is 22.1 Å².